The van der Waals surface area contributed by atoms with E-state index in [1.54, 1.807) is 7.11 Å². The van der Waals surface area contributed by atoms with Gasteiger partial charge in [0.15, 0.2) is 0 Å². The van der Waals surface area contributed by atoms with Crippen LogP contribution in [0.4, 0.5) is 13.2 Å². The Bertz CT molecular complexity index is 719. The number of benzene rings is 1. The van der Waals surface area contributed by atoms with Crippen molar-refractivity contribution in [1.29, 1.82) is 0 Å². The summed E-state index contributed by atoms with van der Waals surface area (Å²) in [6.45, 7) is 3.81. The molecule has 0 spiro atoms. The Kier molecular flexibility index (Phi) is 7.37. The molecule has 0 radical (unpaired) electrons. The molecule has 1 N–H and O–H groups in total. The summed E-state index contributed by atoms with van der Waals surface area (Å²) >= 11 is 0. The number of carboxylic acids is 1. The van der Waals surface area contributed by atoms with Crippen LogP contribution < -0.4 is 0 Å². The van der Waals surface area contributed by atoms with Crippen LogP contribution in [0, 0.1) is 0 Å². The number of methoxy groups -OCH3 is 1. The van der Waals surface area contributed by atoms with Crippen molar-refractivity contribution in [2.45, 2.75) is 31.8 Å². The first-order valence-corrected chi connectivity index (χ1v) is 8.39. The first kappa shape index (κ1) is 20.9. The zero-order valence-corrected chi connectivity index (χ0v) is 14.9. The molecule has 1 aliphatic heterocycles. The Morgan fingerprint density at radius 1 is 1.26 bits per heavy atom. The molecule has 1 aliphatic rings. The largest absolute Gasteiger partial charge is 0.490 e. The van der Waals surface area contributed by atoms with Crippen molar-refractivity contribution in [3.63, 3.8) is 0 Å². The molecule has 148 valence electrons. The maximum Gasteiger partial charge on any atom is 0.490 e. The molecule has 0 saturated heterocycles. The van der Waals surface area contributed by atoms with Crippen LogP contribution in [0.3, 0.4) is 0 Å². The van der Waals surface area contributed by atoms with Gasteiger partial charge >= 0.3 is 12.1 Å². The molecule has 1 aromatic heterocycles. The molecule has 2 heterocycles. The standard InChI is InChI=1S/C16H21N3O.C2HF3O2/c1-20-16-12-18(10-8-14-5-3-2-4-6-14)11-15-7-9-17-19(15)13-16;3-2(4,5)1(6)7/h2-7,9,16H,8,10-13H2,1H3;(H,6,7). The number of ether oxygens (including phenoxy) is 1. The zero-order valence-electron chi connectivity index (χ0n) is 14.9. The first-order chi connectivity index (χ1) is 12.8. The molecule has 1 unspecified atom stereocenters. The SMILES string of the molecule is COC1CN(CCc2ccccc2)Cc2ccnn2C1.O=C(O)C(F)(F)F. The van der Waals surface area contributed by atoms with Gasteiger partial charge in [0.25, 0.3) is 0 Å². The molecule has 1 aromatic carbocycles. The smallest absolute Gasteiger partial charge is 0.475 e. The van der Waals surface area contributed by atoms with Gasteiger partial charge in [-0.3, -0.25) is 9.58 Å². The lowest BCUT2D eigenvalue weighted by Crippen LogP contribution is -2.33. The van der Waals surface area contributed by atoms with Crippen LogP contribution >= 0.6 is 0 Å². The van der Waals surface area contributed by atoms with Crippen LogP contribution in [0.1, 0.15) is 11.3 Å². The van der Waals surface area contributed by atoms with Crippen molar-refractivity contribution in [1.82, 2.24) is 14.7 Å². The summed E-state index contributed by atoms with van der Waals surface area (Å²) in [5.74, 6) is -2.76. The number of aliphatic carboxylic acids is 1. The number of rotatable bonds is 4. The molecule has 9 heteroatoms. The van der Waals surface area contributed by atoms with E-state index in [2.05, 4.69) is 51.1 Å². The van der Waals surface area contributed by atoms with Crippen LogP contribution in [-0.2, 0) is 29.0 Å². The minimum absolute atomic E-state index is 0.215. The second-order valence-electron chi connectivity index (χ2n) is 6.14. The monoisotopic (exact) mass is 385 g/mol. The lowest BCUT2D eigenvalue weighted by atomic mass is 10.1. The molecule has 3 rings (SSSR count). The Balaban J connectivity index is 0.000000321. The Labute approximate surface area is 155 Å². The van der Waals surface area contributed by atoms with Gasteiger partial charge in [0, 0.05) is 32.9 Å². The molecule has 0 saturated carbocycles. The van der Waals surface area contributed by atoms with Gasteiger partial charge in [-0.25, -0.2) is 4.79 Å². The molecule has 0 bridgehead atoms. The predicted molar refractivity (Wildman–Crippen MR) is 92.1 cm³/mol. The first-order valence-electron chi connectivity index (χ1n) is 8.39. The fourth-order valence-corrected chi connectivity index (χ4v) is 2.74. The second-order valence-corrected chi connectivity index (χ2v) is 6.14. The van der Waals surface area contributed by atoms with E-state index in [9.17, 15) is 13.2 Å². The average Bonchev–Trinajstić information content (AvgIpc) is 2.98. The summed E-state index contributed by atoms with van der Waals surface area (Å²) < 4.78 is 39.4. The molecule has 0 aliphatic carbocycles. The highest BCUT2D eigenvalue weighted by Gasteiger charge is 2.38. The van der Waals surface area contributed by atoms with Crippen molar-refractivity contribution >= 4 is 5.97 Å². The summed E-state index contributed by atoms with van der Waals surface area (Å²) in [7, 11) is 1.79. The van der Waals surface area contributed by atoms with Gasteiger partial charge in [-0.15, -0.1) is 0 Å². The van der Waals surface area contributed by atoms with Gasteiger partial charge in [0.2, 0.25) is 0 Å². The van der Waals surface area contributed by atoms with E-state index in [1.807, 2.05) is 6.20 Å². The van der Waals surface area contributed by atoms with E-state index in [4.69, 9.17) is 14.6 Å². The fraction of sp³-hybridized carbons (Fsp3) is 0.444. The molecule has 27 heavy (non-hydrogen) atoms. The molecule has 2 aromatic rings. The quantitative estimate of drug-likeness (QED) is 0.876. The summed E-state index contributed by atoms with van der Waals surface area (Å²) in [6.07, 6.45) is -1.92. The van der Waals surface area contributed by atoms with Crippen LogP contribution in [0.25, 0.3) is 0 Å². The predicted octanol–water partition coefficient (Wildman–Crippen LogP) is 2.59. The maximum atomic E-state index is 10.6. The molecule has 6 nitrogen and oxygen atoms in total. The molecule has 0 amide bonds. The van der Waals surface area contributed by atoms with Crippen molar-refractivity contribution in [3.05, 3.63) is 53.9 Å². The maximum absolute atomic E-state index is 10.6. The van der Waals surface area contributed by atoms with Gasteiger partial charge in [0.05, 0.1) is 18.3 Å². The van der Waals surface area contributed by atoms with Gasteiger partial charge in [-0.2, -0.15) is 18.3 Å². The number of halogens is 3. The number of hydrogen-bond donors (Lipinski definition) is 1. The van der Waals surface area contributed by atoms with Crippen LogP contribution in [0.15, 0.2) is 42.6 Å². The third kappa shape index (κ3) is 6.69. The highest BCUT2D eigenvalue weighted by Crippen LogP contribution is 2.14. The number of alkyl halides is 3. The van der Waals surface area contributed by atoms with Gasteiger partial charge in [0.1, 0.15) is 0 Å². The number of carbonyl (C=O) groups is 1. The number of carboxylic acid groups (broad SMARTS) is 1. The Hall–Kier alpha value is -2.39. The lowest BCUT2D eigenvalue weighted by Gasteiger charge is -2.22. The van der Waals surface area contributed by atoms with E-state index in [0.29, 0.717) is 0 Å². The molecule has 0 fully saturated rings. The van der Waals surface area contributed by atoms with Crippen molar-refractivity contribution in [2.24, 2.45) is 0 Å². The van der Waals surface area contributed by atoms with Crippen LogP contribution in [-0.4, -0.2) is 58.2 Å². The number of aromatic nitrogens is 2. The topological polar surface area (TPSA) is 67.6 Å². The molecular weight excluding hydrogens is 363 g/mol. The van der Waals surface area contributed by atoms with Gasteiger partial charge in [-0.1, -0.05) is 30.3 Å². The fourth-order valence-electron chi connectivity index (χ4n) is 2.74. The summed E-state index contributed by atoms with van der Waals surface area (Å²) in [5.41, 5.74) is 2.66. The van der Waals surface area contributed by atoms with Crippen LogP contribution in [0.5, 0.6) is 0 Å². The summed E-state index contributed by atoms with van der Waals surface area (Å²) in [6, 6.07) is 12.8. The number of nitrogens with zero attached hydrogens (tertiary/aromatic N) is 3. The number of fused-ring (bicyclic) bond motifs is 1. The van der Waals surface area contributed by atoms with Crippen molar-refractivity contribution in [3.8, 4) is 0 Å². The van der Waals surface area contributed by atoms with E-state index < -0.39 is 12.1 Å². The minimum atomic E-state index is -5.08. The Morgan fingerprint density at radius 3 is 2.52 bits per heavy atom. The van der Waals surface area contributed by atoms with Crippen LogP contribution in [0.2, 0.25) is 0 Å². The second kappa shape index (κ2) is 9.52. The normalized spacial score (nSPS) is 17.4. The number of hydrogen-bond acceptors (Lipinski definition) is 4. The van der Waals surface area contributed by atoms with E-state index in [0.717, 1.165) is 32.6 Å². The highest BCUT2D eigenvalue weighted by atomic mass is 19.4. The van der Waals surface area contributed by atoms with E-state index in [-0.39, 0.29) is 6.10 Å². The third-order valence-electron chi connectivity index (χ3n) is 4.16. The molecule has 1 atom stereocenters. The average molecular weight is 385 g/mol. The minimum Gasteiger partial charge on any atom is -0.475 e. The summed E-state index contributed by atoms with van der Waals surface area (Å²) in [5, 5.41) is 11.5. The van der Waals surface area contributed by atoms with Gasteiger partial charge < -0.3 is 9.84 Å². The summed E-state index contributed by atoms with van der Waals surface area (Å²) in [4.78, 5) is 11.4. The molecular formula is C18H22F3N3O3. The zero-order chi connectivity index (χ0) is 19.9. The van der Waals surface area contributed by atoms with Crippen molar-refractivity contribution in [2.75, 3.05) is 20.2 Å². The van der Waals surface area contributed by atoms with Crippen molar-refractivity contribution < 1.29 is 27.8 Å². The van der Waals surface area contributed by atoms with E-state index >= 15 is 0 Å². The van der Waals surface area contributed by atoms with E-state index in [1.165, 1.54) is 11.3 Å². The highest BCUT2D eigenvalue weighted by molar-refractivity contribution is 5.73. The lowest BCUT2D eigenvalue weighted by molar-refractivity contribution is -0.192. The Morgan fingerprint density at radius 2 is 1.93 bits per heavy atom. The third-order valence-corrected chi connectivity index (χ3v) is 4.16. The van der Waals surface area contributed by atoms with Gasteiger partial charge in [-0.05, 0) is 18.1 Å².